The second kappa shape index (κ2) is 7.38. The Labute approximate surface area is 129 Å². The minimum Gasteiger partial charge on any atom is -0.313 e. The third-order valence-corrected chi connectivity index (χ3v) is 5.43. The van der Waals surface area contributed by atoms with E-state index in [1.54, 1.807) is 6.07 Å². The van der Waals surface area contributed by atoms with Crippen LogP contribution in [0.1, 0.15) is 51.7 Å². The van der Waals surface area contributed by atoms with E-state index in [1.165, 1.54) is 0 Å². The second-order valence-electron chi connectivity index (χ2n) is 6.12. The maximum absolute atomic E-state index is 12.6. The van der Waals surface area contributed by atoms with Gasteiger partial charge in [0, 0.05) is 12.1 Å². The van der Waals surface area contributed by atoms with Crippen molar-refractivity contribution in [3.05, 3.63) is 29.3 Å². The Kier molecular flexibility index (Phi) is 6.38. The molecule has 1 rings (SSSR count). The maximum Gasteiger partial charge on any atom is 0.241 e. The van der Waals surface area contributed by atoms with Crippen molar-refractivity contribution in [3.63, 3.8) is 0 Å². The van der Waals surface area contributed by atoms with Gasteiger partial charge in [-0.15, -0.1) is 0 Å². The first-order chi connectivity index (χ1) is 9.72. The van der Waals surface area contributed by atoms with Crippen molar-refractivity contribution >= 4 is 10.0 Å². The standard InChI is InChI=1S/C16H28N2O2S/c1-6-10-17-12-14-9-8-13(3)15(11-14)21(19,20)18-16(4,5)7-2/h8-9,11,17-18H,6-7,10,12H2,1-5H3. The predicted molar refractivity (Wildman–Crippen MR) is 87.9 cm³/mol. The molecule has 0 unspecified atom stereocenters. The highest BCUT2D eigenvalue weighted by Crippen LogP contribution is 2.20. The smallest absolute Gasteiger partial charge is 0.241 e. The summed E-state index contributed by atoms with van der Waals surface area (Å²) in [7, 11) is -3.49. The van der Waals surface area contributed by atoms with Gasteiger partial charge in [0.05, 0.1) is 4.90 Å². The van der Waals surface area contributed by atoms with Crippen molar-refractivity contribution < 1.29 is 8.42 Å². The number of nitrogens with one attached hydrogen (secondary N) is 2. The maximum atomic E-state index is 12.6. The molecule has 0 radical (unpaired) electrons. The lowest BCUT2D eigenvalue weighted by atomic mass is 10.0. The molecule has 0 amide bonds. The molecule has 0 bridgehead atoms. The first kappa shape index (κ1) is 18.1. The number of aryl methyl sites for hydroxylation is 1. The van der Waals surface area contributed by atoms with E-state index in [4.69, 9.17) is 0 Å². The third kappa shape index (κ3) is 5.41. The zero-order chi connectivity index (χ0) is 16.1. The van der Waals surface area contributed by atoms with Gasteiger partial charge in [-0.3, -0.25) is 0 Å². The molecule has 0 saturated carbocycles. The number of hydrogen-bond acceptors (Lipinski definition) is 3. The molecule has 0 aliphatic heterocycles. The van der Waals surface area contributed by atoms with Crippen molar-refractivity contribution in [2.45, 2.75) is 64.4 Å². The molecule has 4 nitrogen and oxygen atoms in total. The summed E-state index contributed by atoms with van der Waals surface area (Å²) in [6, 6.07) is 5.62. The zero-order valence-electron chi connectivity index (χ0n) is 13.8. The molecular formula is C16H28N2O2S. The van der Waals surface area contributed by atoms with E-state index in [2.05, 4.69) is 17.0 Å². The Morgan fingerprint density at radius 2 is 1.86 bits per heavy atom. The lowest BCUT2D eigenvalue weighted by Gasteiger charge is -2.24. The van der Waals surface area contributed by atoms with Crippen LogP contribution in [-0.4, -0.2) is 20.5 Å². The number of rotatable bonds is 8. The molecule has 5 heteroatoms. The lowest BCUT2D eigenvalue weighted by molar-refractivity contribution is 0.439. The molecule has 0 aliphatic rings. The number of hydrogen-bond donors (Lipinski definition) is 2. The molecule has 120 valence electrons. The van der Waals surface area contributed by atoms with Gasteiger partial charge in [-0.05, 0) is 57.4 Å². The first-order valence-corrected chi connectivity index (χ1v) is 9.04. The van der Waals surface area contributed by atoms with Crippen molar-refractivity contribution in [2.75, 3.05) is 6.54 Å². The van der Waals surface area contributed by atoms with Crippen LogP contribution in [0.15, 0.2) is 23.1 Å². The Hall–Kier alpha value is -0.910. The van der Waals surface area contributed by atoms with Crippen LogP contribution < -0.4 is 10.0 Å². The van der Waals surface area contributed by atoms with Crippen LogP contribution in [0.2, 0.25) is 0 Å². The summed E-state index contributed by atoms with van der Waals surface area (Å²) in [5.41, 5.74) is 1.32. The normalized spacial score (nSPS) is 12.6. The topological polar surface area (TPSA) is 58.2 Å². The van der Waals surface area contributed by atoms with Crippen molar-refractivity contribution in [1.82, 2.24) is 10.0 Å². The van der Waals surface area contributed by atoms with Gasteiger partial charge in [-0.25, -0.2) is 13.1 Å². The van der Waals surface area contributed by atoms with Crippen LogP contribution in [0.25, 0.3) is 0 Å². The highest BCUT2D eigenvalue weighted by Gasteiger charge is 2.25. The molecular weight excluding hydrogens is 284 g/mol. The monoisotopic (exact) mass is 312 g/mol. The van der Waals surface area contributed by atoms with Crippen molar-refractivity contribution in [3.8, 4) is 0 Å². The van der Waals surface area contributed by atoms with E-state index in [9.17, 15) is 8.42 Å². The van der Waals surface area contributed by atoms with E-state index in [0.717, 1.165) is 30.5 Å². The Morgan fingerprint density at radius 3 is 2.43 bits per heavy atom. The molecule has 0 aliphatic carbocycles. The van der Waals surface area contributed by atoms with Crippen LogP contribution in [0.3, 0.4) is 0 Å². The van der Waals surface area contributed by atoms with E-state index in [0.29, 0.717) is 11.4 Å². The second-order valence-corrected chi connectivity index (χ2v) is 7.77. The minimum atomic E-state index is -3.49. The predicted octanol–water partition coefficient (Wildman–Crippen LogP) is 2.96. The molecule has 0 saturated heterocycles. The lowest BCUT2D eigenvalue weighted by Crippen LogP contribution is -2.42. The van der Waals surface area contributed by atoms with Gasteiger partial charge < -0.3 is 5.32 Å². The number of sulfonamides is 1. The highest BCUT2D eigenvalue weighted by atomic mass is 32.2. The fraction of sp³-hybridized carbons (Fsp3) is 0.625. The van der Waals surface area contributed by atoms with Crippen molar-refractivity contribution in [2.24, 2.45) is 0 Å². The minimum absolute atomic E-state index is 0.375. The zero-order valence-corrected chi connectivity index (χ0v) is 14.6. The summed E-state index contributed by atoms with van der Waals surface area (Å²) in [5, 5.41) is 3.29. The van der Waals surface area contributed by atoms with Gasteiger partial charge in [0.15, 0.2) is 0 Å². The van der Waals surface area contributed by atoms with Gasteiger partial charge in [0.2, 0.25) is 10.0 Å². The van der Waals surface area contributed by atoms with E-state index in [1.807, 2.05) is 39.8 Å². The summed E-state index contributed by atoms with van der Waals surface area (Å²) >= 11 is 0. The summed E-state index contributed by atoms with van der Waals surface area (Å²) in [6.07, 6.45) is 1.80. The Morgan fingerprint density at radius 1 is 1.19 bits per heavy atom. The Balaban J connectivity index is 3.02. The first-order valence-electron chi connectivity index (χ1n) is 7.56. The molecule has 21 heavy (non-hydrogen) atoms. The SMILES string of the molecule is CCCNCc1ccc(C)c(S(=O)(=O)NC(C)(C)CC)c1. The molecule has 0 atom stereocenters. The third-order valence-electron chi connectivity index (χ3n) is 3.59. The quantitative estimate of drug-likeness (QED) is 0.726. The van der Waals surface area contributed by atoms with E-state index < -0.39 is 15.6 Å². The summed E-state index contributed by atoms with van der Waals surface area (Å²) in [5.74, 6) is 0. The van der Waals surface area contributed by atoms with Crippen LogP contribution in [0.4, 0.5) is 0 Å². The van der Waals surface area contributed by atoms with Crippen LogP contribution >= 0.6 is 0 Å². The molecule has 0 aromatic heterocycles. The van der Waals surface area contributed by atoms with Crippen LogP contribution in [0.5, 0.6) is 0 Å². The molecule has 1 aromatic rings. The van der Waals surface area contributed by atoms with Crippen molar-refractivity contribution in [1.29, 1.82) is 0 Å². The average molecular weight is 312 g/mol. The summed E-state index contributed by atoms with van der Waals surface area (Å²) in [4.78, 5) is 0.375. The molecule has 0 fully saturated rings. The van der Waals surface area contributed by atoms with Gasteiger partial charge in [0.1, 0.15) is 0 Å². The van der Waals surface area contributed by atoms with Crippen LogP contribution in [-0.2, 0) is 16.6 Å². The highest BCUT2D eigenvalue weighted by molar-refractivity contribution is 7.89. The van der Waals surface area contributed by atoms with E-state index >= 15 is 0 Å². The molecule has 0 spiro atoms. The van der Waals surface area contributed by atoms with Gasteiger partial charge in [-0.1, -0.05) is 26.0 Å². The fourth-order valence-corrected chi connectivity index (χ4v) is 3.72. The van der Waals surface area contributed by atoms with Gasteiger partial charge in [-0.2, -0.15) is 0 Å². The van der Waals surface area contributed by atoms with Gasteiger partial charge >= 0.3 is 0 Å². The summed E-state index contributed by atoms with van der Waals surface area (Å²) < 4.78 is 27.9. The van der Waals surface area contributed by atoms with Crippen LogP contribution in [0, 0.1) is 6.92 Å². The molecule has 2 N–H and O–H groups in total. The average Bonchev–Trinajstić information content (AvgIpc) is 2.39. The summed E-state index contributed by atoms with van der Waals surface area (Å²) in [6.45, 7) is 11.3. The number of benzene rings is 1. The van der Waals surface area contributed by atoms with Gasteiger partial charge in [0.25, 0.3) is 0 Å². The van der Waals surface area contributed by atoms with E-state index in [-0.39, 0.29) is 0 Å². The fourth-order valence-electron chi connectivity index (χ4n) is 1.94. The Bertz CT molecular complexity index is 566. The molecule has 1 aromatic carbocycles. The largest absolute Gasteiger partial charge is 0.313 e. The molecule has 0 heterocycles.